The maximum Gasteiger partial charge on any atom is 0.257 e. The molecule has 0 unspecified atom stereocenters. The summed E-state index contributed by atoms with van der Waals surface area (Å²) >= 11 is 1.37. The van der Waals surface area contributed by atoms with E-state index in [-0.39, 0.29) is 23.5 Å². The predicted molar refractivity (Wildman–Crippen MR) is 96.9 cm³/mol. The fraction of sp³-hybridized carbons (Fsp3) is 0.389. The summed E-state index contributed by atoms with van der Waals surface area (Å²) in [7, 11) is 0. The van der Waals surface area contributed by atoms with Crippen LogP contribution in [0.2, 0.25) is 0 Å². The van der Waals surface area contributed by atoms with Gasteiger partial charge in [0, 0.05) is 24.7 Å². The Balaban J connectivity index is 1.70. The molecule has 0 aliphatic carbocycles. The first-order valence-corrected chi connectivity index (χ1v) is 9.28. The number of rotatable bonds is 4. The molecule has 1 aliphatic rings. The normalized spacial score (nSPS) is 17.3. The maximum absolute atomic E-state index is 12.8. The molecule has 1 fully saturated rings. The maximum atomic E-state index is 12.8. The third-order valence-corrected chi connectivity index (χ3v) is 5.13. The average molecular weight is 359 g/mol. The van der Waals surface area contributed by atoms with E-state index in [4.69, 9.17) is 0 Å². The van der Waals surface area contributed by atoms with Gasteiger partial charge in [0.1, 0.15) is 5.75 Å². The van der Waals surface area contributed by atoms with Gasteiger partial charge in [0.2, 0.25) is 5.91 Å². The van der Waals surface area contributed by atoms with Gasteiger partial charge in [-0.05, 0) is 37.0 Å². The van der Waals surface area contributed by atoms with E-state index >= 15 is 0 Å². The van der Waals surface area contributed by atoms with E-state index < -0.39 is 0 Å². The van der Waals surface area contributed by atoms with E-state index in [0.717, 1.165) is 24.8 Å². The quantitative estimate of drug-likeness (QED) is 0.879. The number of nitrogens with zero attached hydrogens (tertiary/aromatic N) is 2. The molecule has 2 amide bonds. The van der Waals surface area contributed by atoms with Crippen LogP contribution in [0.3, 0.4) is 0 Å². The number of thiazole rings is 1. The number of piperidine rings is 1. The van der Waals surface area contributed by atoms with Crippen molar-refractivity contribution in [3.8, 4) is 5.75 Å². The number of aryl methyl sites for hydroxylation is 1. The molecule has 1 aromatic heterocycles. The van der Waals surface area contributed by atoms with Crippen molar-refractivity contribution in [1.82, 2.24) is 9.88 Å². The lowest BCUT2D eigenvalue weighted by Gasteiger charge is -2.32. The van der Waals surface area contributed by atoms with Crippen molar-refractivity contribution in [3.05, 3.63) is 40.9 Å². The molecular weight excluding hydrogens is 338 g/mol. The van der Waals surface area contributed by atoms with Crippen molar-refractivity contribution in [2.24, 2.45) is 5.92 Å². The summed E-state index contributed by atoms with van der Waals surface area (Å²) in [4.78, 5) is 30.9. The predicted octanol–water partition coefficient (Wildman–Crippen LogP) is 2.90. The van der Waals surface area contributed by atoms with Crippen LogP contribution in [-0.4, -0.2) is 39.9 Å². The SMILES string of the molecule is CCc1ccc(O)c(C(=O)N2CCC[C@@H](C(=O)Nc3nccs3)C2)c1. The second kappa shape index (κ2) is 7.65. The van der Waals surface area contributed by atoms with Crippen LogP contribution in [0.4, 0.5) is 5.13 Å². The highest BCUT2D eigenvalue weighted by Gasteiger charge is 2.30. The fourth-order valence-electron chi connectivity index (χ4n) is 3.01. The van der Waals surface area contributed by atoms with Crippen LogP contribution in [0, 0.1) is 5.92 Å². The minimum absolute atomic E-state index is 0.0171. The monoisotopic (exact) mass is 359 g/mol. The summed E-state index contributed by atoms with van der Waals surface area (Å²) < 4.78 is 0. The van der Waals surface area contributed by atoms with Crippen LogP contribution in [-0.2, 0) is 11.2 Å². The van der Waals surface area contributed by atoms with Crippen LogP contribution >= 0.6 is 11.3 Å². The first kappa shape index (κ1) is 17.4. The molecule has 0 bridgehead atoms. The summed E-state index contributed by atoms with van der Waals surface area (Å²) in [6.07, 6.45) is 3.93. The zero-order valence-electron chi connectivity index (χ0n) is 14.1. The van der Waals surface area contributed by atoms with Crippen LogP contribution in [0.25, 0.3) is 0 Å². The van der Waals surface area contributed by atoms with E-state index in [9.17, 15) is 14.7 Å². The lowest BCUT2D eigenvalue weighted by Crippen LogP contribution is -2.43. The lowest BCUT2D eigenvalue weighted by molar-refractivity contribution is -0.121. The van der Waals surface area contributed by atoms with Gasteiger partial charge >= 0.3 is 0 Å². The van der Waals surface area contributed by atoms with Gasteiger partial charge in [-0.2, -0.15) is 0 Å². The van der Waals surface area contributed by atoms with Gasteiger partial charge < -0.3 is 15.3 Å². The first-order chi connectivity index (χ1) is 12.1. The molecule has 2 aromatic rings. The number of hydrogen-bond donors (Lipinski definition) is 2. The molecule has 0 spiro atoms. The Morgan fingerprint density at radius 3 is 3.00 bits per heavy atom. The first-order valence-electron chi connectivity index (χ1n) is 8.40. The topological polar surface area (TPSA) is 82.5 Å². The summed E-state index contributed by atoms with van der Waals surface area (Å²) in [5.74, 6) is -0.617. The highest BCUT2D eigenvalue weighted by atomic mass is 32.1. The van der Waals surface area contributed by atoms with Crippen molar-refractivity contribution in [2.75, 3.05) is 18.4 Å². The molecule has 1 saturated heterocycles. The van der Waals surface area contributed by atoms with Crippen molar-refractivity contribution in [3.63, 3.8) is 0 Å². The summed E-state index contributed by atoms with van der Waals surface area (Å²) in [5.41, 5.74) is 1.30. The molecule has 1 atom stereocenters. The highest BCUT2D eigenvalue weighted by molar-refractivity contribution is 7.13. The molecule has 0 saturated carbocycles. The molecule has 1 aliphatic heterocycles. The number of phenols is 1. The van der Waals surface area contributed by atoms with Gasteiger partial charge in [0.15, 0.2) is 5.13 Å². The Hall–Kier alpha value is -2.41. The van der Waals surface area contributed by atoms with Gasteiger partial charge in [-0.25, -0.2) is 4.98 Å². The Kier molecular flexibility index (Phi) is 5.33. The smallest absolute Gasteiger partial charge is 0.257 e. The van der Waals surface area contributed by atoms with Gasteiger partial charge in [-0.15, -0.1) is 11.3 Å². The average Bonchev–Trinajstić information content (AvgIpc) is 3.14. The van der Waals surface area contributed by atoms with Gasteiger partial charge in [-0.1, -0.05) is 13.0 Å². The largest absolute Gasteiger partial charge is 0.507 e. The molecule has 2 heterocycles. The molecule has 1 aromatic carbocycles. The number of carbonyl (C=O) groups excluding carboxylic acids is 2. The van der Waals surface area contributed by atoms with Crippen molar-refractivity contribution in [2.45, 2.75) is 26.2 Å². The molecule has 3 rings (SSSR count). The number of likely N-dealkylation sites (tertiary alicyclic amines) is 1. The highest BCUT2D eigenvalue weighted by Crippen LogP contribution is 2.25. The minimum atomic E-state index is -0.266. The van der Waals surface area contributed by atoms with Gasteiger partial charge in [0.25, 0.3) is 5.91 Å². The molecule has 2 N–H and O–H groups in total. The third-order valence-electron chi connectivity index (χ3n) is 4.44. The second-order valence-electron chi connectivity index (χ2n) is 6.12. The standard InChI is InChI=1S/C18H21N3O3S/c1-2-12-5-6-15(22)14(10-12)17(24)21-8-3-4-13(11-21)16(23)20-18-19-7-9-25-18/h5-7,9-10,13,22H,2-4,8,11H2,1H3,(H,19,20,23)/t13-/m1/s1. The number of anilines is 1. The zero-order valence-corrected chi connectivity index (χ0v) is 14.9. The van der Waals surface area contributed by atoms with E-state index in [0.29, 0.717) is 23.8 Å². The molecule has 132 valence electrons. The Labute approximate surface area is 150 Å². The molecular formula is C18H21N3O3S. The van der Waals surface area contributed by atoms with Gasteiger partial charge in [0.05, 0.1) is 11.5 Å². The third kappa shape index (κ3) is 3.99. The van der Waals surface area contributed by atoms with E-state index in [1.54, 1.807) is 28.6 Å². The number of carbonyl (C=O) groups is 2. The lowest BCUT2D eigenvalue weighted by atomic mass is 9.96. The number of aromatic hydroxyl groups is 1. The van der Waals surface area contributed by atoms with Crippen LogP contribution in [0.15, 0.2) is 29.8 Å². The Morgan fingerprint density at radius 2 is 2.28 bits per heavy atom. The Morgan fingerprint density at radius 1 is 1.44 bits per heavy atom. The van der Waals surface area contributed by atoms with E-state index in [2.05, 4.69) is 10.3 Å². The van der Waals surface area contributed by atoms with Crippen molar-refractivity contribution < 1.29 is 14.7 Å². The number of phenolic OH excluding ortho intramolecular Hbond substituents is 1. The second-order valence-corrected chi connectivity index (χ2v) is 7.02. The zero-order chi connectivity index (χ0) is 17.8. The molecule has 6 nitrogen and oxygen atoms in total. The number of amides is 2. The summed E-state index contributed by atoms with van der Waals surface area (Å²) in [6.45, 7) is 2.95. The molecule has 7 heteroatoms. The number of aromatic nitrogens is 1. The molecule has 25 heavy (non-hydrogen) atoms. The summed E-state index contributed by atoms with van der Waals surface area (Å²) in [5, 5.41) is 15.2. The fourth-order valence-corrected chi connectivity index (χ4v) is 3.54. The van der Waals surface area contributed by atoms with Crippen molar-refractivity contribution in [1.29, 1.82) is 0 Å². The Bertz CT molecular complexity index is 761. The van der Waals surface area contributed by atoms with Crippen LogP contribution in [0.5, 0.6) is 5.75 Å². The summed E-state index contributed by atoms with van der Waals surface area (Å²) in [6, 6.07) is 5.10. The van der Waals surface area contributed by atoms with Crippen LogP contribution < -0.4 is 5.32 Å². The number of nitrogens with one attached hydrogen (secondary N) is 1. The van der Waals surface area contributed by atoms with Crippen LogP contribution in [0.1, 0.15) is 35.7 Å². The molecule has 0 radical (unpaired) electrons. The number of benzene rings is 1. The van der Waals surface area contributed by atoms with Crippen molar-refractivity contribution >= 4 is 28.3 Å². The van der Waals surface area contributed by atoms with Gasteiger partial charge in [-0.3, -0.25) is 9.59 Å². The van der Waals surface area contributed by atoms with E-state index in [1.807, 2.05) is 13.0 Å². The number of hydrogen-bond acceptors (Lipinski definition) is 5. The minimum Gasteiger partial charge on any atom is -0.507 e. The van der Waals surface area contributed by atoms with E-state index in [1.165, 1.54) is 11.3 Å².